The number of amides is 1. The maximum Gasteiger partial charge on any atom is 0.259 e. The lowest BCUT2D eigenvalue weighted by atomic mass is 9.88. The quantitative estimate of drug-likeness (QED) is 0.878. The molecule has 5 heteroatoms. The second-order valence-electron chi connectivity index (χ2n) is 6.05. The van der Waals surface area contributed by atoms with E-state index in [1.165, 1.54) is 11.3 Å². The molecule has 1 aromatic carbocycles. The van der Waals surface area contributed by atoms with Crippen molar-refractivity contribution in [3.63, 3.8) is 0 Å². The molecule has 0 spiro atoms. The molecule has 0 aliphatic carbocycles. The molecule has 0 atom stereocenters. The van der Waals surface area contributed by atoms with Gasteiger partial charge in [-0.15, -0.1) is 11.3 Å². The smallest absolute Gasteiger partial charge is 0.259 e. The maximum absolute atomic E-state index is 12.7. The number of nitrogens with zero attached hydrogens (tertiary/aromatic N) is 1. The molecule has 0 unspecified atom stereocenters. The Morgan fingerprint density at radius 1 is 1.22 bits per heavy atom. The zero-order valence-corrected chi connectivity index (χ0v) is 13.9. The van der Waals surface area contributed by atoms with Gasteiger partial charge in [-0.25, -0.2) is 0 Å². The lowest BCUT2D eigenvalue weighted by molar-refractivity contribution is 0.0856. The summed E-state index contributed by atoms with van der Waals surface area (Å²) in [7, 11) is 2.09. The van der Waals surface area contributed by atoms with Crippen LogP contribution in [0, 0.1) is 5.92 Å². The molecule has 2 heterocycles. The number of primary amides is 1. The highest BCUT2D eigenvalue weighted by molar-refractivity contribution is 7.12. The Hall–Kier alpha value is -1.98. The molecule has 1 aliphatic rings. The number of hydrogen-bond acceptors (Lipinski definition) is 4. The minimum Gasteiger partial charge on any atom is -0.365 e. The molecule has 3 rings (SSSR count). The van der Waals surface area contributed by atoms with Crippen molar-refractivity contribution >= 4 is 23.0 Å². The molecule has 0 saturated carbocycles. The Balaban J connectivity index is 1.86. The molecule has 2 aromatic rings. The van der Waals surface area contributed by atoms with Crippen molar-refractivity contribution in [1.82, 2.24) is 4.90 Å². The first-order valence-electron chi connectivity index (χ1n) is 7.76. The summed E-state index contributed by atoms with van der Waals surface area (Å²) in [6.45, 7) is 1.93. The van der Waals surface area contributed by atoms with Crippen molar-refractivity contribution in [2.75, 3.05) is 20.1 Å². The van der Waals surface area contributed by atoms with Crippen molar-refractivity contribution in [3.8, 4) is 11.1 Å². The average Bonchev–Trinajstić information content (AvgIpc) is 3.05. The van der Waals surface area contributed by atoms with Crippen LogP contribution in [0.1, 0.15) is 32.9 Å². The van der Waals surface area contributed by atoms with Gasteiger partial charge in [-0.05, 0) is 56.1 Å². The topological polar surface area (TPSA) is 63.4 Å². The van der Waals surface area contributed by atoms with Gasteiger partial charge in [-0.1, -0.05) is 18.2 Å². The molecular weight excluding hydrogens is 308 g/mol. The van der Waals surface area contributed by atoms with Gasteiger partial charge in [0, 0.05) is 17.0 Å². The van der Waals surface area contributed by atoms with Crippen LogP contribution in [0.25, 0.3) is 11.1 Å². The molecule has 1 amide bonds. The number of benzene rings is 1. The maximum atomic E-state index is 12.7. The van der Waals surface area contributed by atoms with Crippen LogP contribution in [-0.4, -0.2) is 36.7 Å². The predicted octanol–water partition coefficient (Wildman–Crippen LogP) is 3.04. The summed E-state index contributed by atoms with van der Waals surface area (Å²) in [6, 6.07) is 9.42. The summed E-state index contributed by atoms with van der Waals surface area (Å²) in [6.07, 6.45) is 1.81. The Labute approximate surface area is 139 Å². The molecule has 1 aliphatic heterocycles. The van der Waals surface area contributed by atoms with Gasteiger partial charge in [0.25, 0.3) is 5.91 Å². The number of nitrogens with two attached hydrogens (primary N) is 1. The molecule has 0 bridgehead atoms. The standard InChI is InChI=1S/C18H20N2O2S/c1-20-8-5-12(6-9-20)16(21)14-4-2-3-13(11-14)15-7-10-23-17(15)18(19)22/h2-4,7,10-12H,5-6,8-9H2,1H3,(H2,19,22). The van der Waals surface area contributed by atoms with Gasteiger partial charge in [0.15, 0.2) is 5.78 Å². The van der Waals surface area contributed by atoms with Gasteiger partial charge in [0.05, 0.1) is 4.88 Å². The number of Topliss-reactive ketones (excluding diaryl/α,β-unsaturated/α-hetero) is 1. The second kappa shape index (κ2) is 6.64. The van der Waals surface area contributed by atoms with Crippen molar-refractivity contribution < 1.29 is 9.59 Å². The van der Waals surface area contributed by atoms with E-state index in [2.05, 4.69) is 11.9 Å². The van der Waals surface area contributed by atoms with Gasteiger partial charge < -0.3 is 10.6 Å². The van der Waals surface area contributed by atoms with E-state index in [9.17, 15) is 9.59 Å². The Morgan fingerprint density at radius 2 is 1.96 bits per heavy atom. The summed E-state index contributed by atoms with van der Waals surface area (Å²) >= 11 is 1.33. The number of ketones is 1. The molecule has 1 fully saturated rings. The van der Waals surface area contributed by atoms with Crippen LogP contribution in [0.3, 0.4) is 0 Å². The average molecular weight is 328 g/mol. The van der Waals surface area contributed by atoms with Crippen molar-refractivity contribution in [3.05, 3.63) is 46.2 Å². The van der Waals surface area contributed by atoms with Crippen molar-refractivity contribution in [1.29, 1.82) is 0 Å². The van der Waals surface area contributed by atoms with E-state index >= 15 is 0 Å². The number of piperidine rings is 1. The molecule has 23 heavy (non-hydrogen) atoms. The highest BCUT2D eigenvalue weighted by Crippen LogP contribution is 2.30. The zero-order chi connectivity index (χ0) is 16.4. The summed E-state index contributed by atoms with van der Waals surface area (Å²) in [4.78, 5) is 27.0. The lowest BCUT2D eigenvalue weighted by Gasteiger charge is -2.28. The Morgan fingerprint density at radius 3 is 2.65 bits per heavy atom. The van der Waals surface area contributed by atoms with Crippen LogP contribution in [-0.2, 0) is 0 Å². The number of likely N-dealkylation sites (tertiary alicyclic amines) is 1. The van der Waals surface area contributed by atoms with Crippen LogP contribution in [0.2, 0.25) is 0 Å². The fourth-order valence-corrected chi connectivity index (χ4v) is 3.84. The van der Waals surface area contributed by atoms with E-state index in [0.29, 0.717) is 4.88 Å². The first kappa shape index (κ1) is 15.9. The monoisotopic (exact) mass is 328 g/mol. The van der Waals surface area contributed by atoms with Crippen LogP contribution >= 0.6 is 11.3 Å². The number of thiophene rings is 1. The van der Waals surface area contributed by atoms with Gasteiger partial charge in [-0.3, -0.25) is 9.59 Å². The lowest BCUT2D eigenvalue weighted by Crippen LogP contribution is -2.33. The third-order valence-corrected chi connectivity index (χ3v) is 5.37. The van der Waals surface area contributed by atoms with E-state index in [0.717, 1.165) is 42.6 Å². The highest BCUT2D eigenvalue weighted by Gasteiger charge is 2.24. The molecule has 1 saturated heterocycles. The van der Waals surface area contributed by atoms with Crippen LogP contribution in [0.4, 0.5) is 0 Å². The van der Waals surface area contributed by atoms with E-state index in [1.54, 1.807) is 0 Å². The SMILES string of the molecule is CN1CCC(C(=O)c2cccc(-c3ccsc3C(N)=O)c2)CC1. The normalized spacial score (nSPS) is 16.4. The largest absolute Gasteiger partial charge is 0.365 e. The zero-order valence-electron chi connectivity index (χ0n) is 13.1. The van der Waals surface area contributed by atoms with E-state index in [1.807, 2.05) is 35.7 Å². The first-order chi connectivity index (χ1) is 11.1. The molecule has 0 radical (unpaired) electrons. The third-order valence-electron chi connectivity index (χ3n) is 4.44. The minimum atomic E-state index is -0.429. The second-order valence-corrected chi connectivity index (χ2v) is 6.97. The summed E-state index contributed by atoms with van der Waals surface area (Å²) < 4.78 is 0. The minimum absolute atomic E-state index is 0.0968. The molecular formula is C18H20N2O2S. The van der Waals surface area contributed by atoms with Gasteiger partial charge >= 0.3 is 0 Å². The van der Waals surface area contributed by atoms with E-state index in [-0.39, 0.29) is 11.7 Å². The molecule has 4 nitrogen and oxygen atoms in total. The Kier molecular flexibility index (Phi) is 4.59. The van der Waals surface area contributed by atoms with E-state index in [4.69, 9.17) is 5.73 Å². The first-order valence-corrected chi connectivity index (χ1v) is 8.64. The van der Waals surface area contributed by atoms with E-state index < -0.39 is 5.91 Å². The summed E-state index contributed by atoms with van der Waals surface area (Å²) in [5.74, 6) is -0.127. The van der Waals surface area contributed by atoms with Gasteiger partial charge in [0.2, 0.25) is 0 Å². The number of rotatable bonds is 4. The highest BCUT2D eigenvalue weighted by atomic mass is 32.1. The number of carbonyl (C=O) groups is 2. The Bertz CT molecular complexity index is 730. The fraction of sp³-hybridized carbons (Fsp3) is 0.333. The van der Waals surface area contributed by atoms with Crippen LogP contribution < -0.4 is 5.73 Å². The van der Waals surface area contributed by atoms with Crippen molar-refractivity contribution in [2.45, 2.75) is 12.8 Å². The third kappa shape index (κ3) is 3.35. The number of hydrogen-bond donors (Lipinski definition) is 1. The predicted molar refractivity (Wildman–Crippen MR) is 92.8 cm³/mol. The van der Waals surface area contributed by atoms with Crippen LogP contribution in [0.5, 0.6) is 0 Å². The molecule has 2 N–H and O–H groups in total. The summed E-state index contributed by atoms with van der Waals surface area (Å²) in [5.41, 5.74) is 7.82. The van der Waals surface area contributed by atoms with Gasteiger partial charge in [0.1, 0.15) is 0 Å². The van der Waals surface area contributed by atoms with Gasteiger partial charge in [-0.2, -0.15) is 0 Å². The van der Waals surface area contributed by atoms with Crippen LogP contribution in [0.15, 0.2) is 35.7 Å². The summed E-state index contributed by atoms with van der Waals surface area (Å²) in [5, 5.41) is 1.85. The molecule has 1 aromatic heterocycles. The number of carbonyl (C=O) groups excluding carboxylic acids is 2. The van der Waals surface area contributed by atoms with Crippen molar-refractivity contribution in [2.24, 2.45) is 11.7 Å². The molecule has 120 valence electrons. The fourth-order valence-electron chi connectivity index (χ4n) is 3.07.